The number of nitrogens with zero attached hydrogens (tertiary/aromatic N) is 1. The zero-order valence-corrected chi connectivity index (χ0v) is 18.5. The van der Waals surface area contributed by atoms with E-state index < -0.39 is 13.4 Å². The van der Waals surface area contributed by atoms with Crippen LogP contribution in [0.3, 0.4) is 0 Å². The number of fused-ring (bicyclic) bond motifs is 1. The predicted molar refractivity (Wildman–Crippen MR) is 117 cm³/mol. The minimum atomic E-state index is -4.54. The van der Waals surface area contributed by atoms with Gasteiger partial charge in [-0.2, -0.15) is 0 Å². The largest absolute Gasteiger partial charge is 0.494 e. The molecule has 10 heteroatoms. The van der Waals surface area contributed by atoms with Gasteiger partial charge in [-0.15, -0.1) is 12.4 Å². The van der Waals surface area contributed by atoms with Crippen LogP contribution in [0.1, 0.15) is 25.8 Å². The highest BCUT2D eigenvalue weighted by Crippen LogP contribution is 2.37. The van der Waals surface area contributed by atoms with E-state index in [0.29, 0.717) is 30.9 Å². The third-order valence-electron chi connectivity index (χ3n) is 4.39. The molecule has 0 bridgehead atoms. The number of oxazole rings is 1. The van der Waals surface area contributed by atoms with Crippen LogP contribution in [-0.2, 0) is 15.5 Å². The Morgan fingerprint density at radius 1 is 1.23 bits per heavy atom. The van der Waals surface area contributed by atoms with Gasteiger partial charge < -0.3 is 24.7 Å². The van der Waals surface area contributed by atoms with E-state index >= 15 is 0 Å². The molecule has 164 valence electrons. The molecule has 0 aliphatic carbocycles. The monoisotopic (exact) mass is 456 g/mol. The van der Waals surface area contributed by atoms with E-state index in [4.69, 9.17) is 24.7 Å². The molecular formula is C20H26ClN2O6P. The summed E-state index contributed by atoms with van der Waals surface area (Å²) in [6.07, 6.45) is 1.09. The highest BCUT2D eigenvalue weighted by atomic mass is 35.5. The summed E-state index contributed by atoms with van der Waals surface area (Å²) in [5.41, 5.74) is 8.44. The van der Waals surface area contributed by atoms with E-state index in [0.717, 1.165) is 22.4 Å². The molecule has 0 spiro atoms. The van der Waals surface area contributed by atoms with Crippen LogP contribution in [0, 0.1) is 0 Å². The van der Waals surface area contributed by atoms with Gasteiger partial charge in [0.25, 0.3) is 0 Å². The fourth-order valence-electron chi connectivity index (χ4n) is 2.87. The Bertz CT molecular complexity index is 1030. The highest BCUT2D eigenvalue weighted by Gasteiger charge is 2.24. The molecule has 3 rings (SSSR count). The Kier molecular flexibility index (Phi) is 8.05. The average Bonchev–Trinajstić information content (AvgIpc) is 3.08. The lowest BCUT2D eigenvalue weighted by molar-refractivity contribution is 0.154. The van der Waals surface area contributed by atoms with Gasteiger partial charge in [-0.1, -0.05) is 12.1 Å². The van der Waals surface area contributed by atoms with Crippen LogP contribution in [0.25, 0.3) is 22.6 Å². The van der Waals surface area contributed by atoms with E-state index in [-0.39, 0.29) is 19.0 Å². The molecule has 2 aromatic carbocycles. The van der Waals surface area contributed by atoms with Crippen molar-refractivity contribution in [2.75, 3.05) is 13.2 Å². The van der Waals surface area contributed by atoms with Gasteiger partial charge >= 0.3 is 7.82 Å². The van der Waals surface area contributed by atoms with Gasteiger partial charge in [0.1, 0.15) is 11.3 Å². The number of hydrogen-bond acceptors (Lipinski definition) is 6. The van der Waals surface area contributed by atoms with E-state index in [2.05, 4.69) is 9.51 Å². The van der Waals surface area contributed by atoms with Gasteiger partial charge in [0.15, 0.2) is 5.58 Å². The van der Waals surface area contributed by atoms with Gasteiger partial charge in [-0.25, -0.2) is 9.55 Å². The first-order valence-electron chi connectivity index (χ1n) is 9.27. The Morgan fingerprint density at radius 2 is 2.00 bits per heavy atom. The van der Waals surface area contributed by atoms with Crippen molar-refractivity contribution in [1.82, 2.24) is 4.98 Å². The first-order chi connectivity index (χ1) is 13.6. The maximum absolute atomic E-state index is 10.9. The van der Waals surface area contributed by atoms with Gasteiger partial charge in [-0.05, 0) is 62.6 Å². The van der Waals surface area contributed by atoms with Crippen molar-refractivity contribution < 1.29 is 28.0 Å². The summed E-state index contributed by atoms with van der Waals surface area (Å²) in [6, 6.07) is 13.3. The summed E-state index contributed by atoms with van der Waals surface area (Å²) in [5.74, 6) is 1.27. The van der Waals surface area contributed by atoms with Crippen molar-refractivity contribution in [3.63, 3.8) is 0 Å². The van der Waals surface area contributed by atoms with E-state index in [1.165, 1.54) is 0 Å². The molecule has 0 aliphatic heterocycles. The Hall–Kier alpha value is -1.93. The Labute approximate surface area is 181 Å². The first-order valence-corrected chi connectivity index (χ1v) is 10.8. The average molecular weight is 457 g/mol. The van der Waals surface area contributed by atoms with E-state index in [1.54, 1.807) is 6.92 Å². The summed E-state index contributed by atoms with van der Waals surface area (Å²) < 4.78 is 26.8. The highest BCUT2D eigenvalue weighted by molar-refractivity contribution is 7.46. The lowest BCUT2D eigenvalue weighted by Crippen LogP contribution is -2.41. The van der Waals surface area contributed by atoms with Crippen LogP contribution in [0.5, 0.6) is 5.75 Å². The van der Waals surface area contributed by atoms with Crippen LogP contribution in [-0.4, -0.2) is 33.5 Å². The zero-order valence-electron chi connectivity index (χ0n) is 16.8. The number of rotatable bonds is 9. The summed E-state index contributed by atoms with van der Waals surface area (Å²) in [6.45, 7) is 3.97. The summed E-state index contributed by atoms with van der Waals surface area (Å²) in [5, 5.41) is 0. The molecule has 0 fully saturated rings. The SMILES string of the molecule is CCOc1cccc(-c2nc3cc(CC[C@@](C)(N)COP(=O)(O)O)ccc3o2)c1.Cl. The Morgan fingerprint density at radius 3 is 2.70 bits per heavy atom. The third-order valence-corrected chi connectivity index (χ3v) is 4.86. The van der Waals surface area contributed by atoms with Crippen molar-refractivity contribution in [2.45, 2.75) is 32.2 Å². The molecule has 0 radical (unpaired) electrons. The molecule has 1 heterocycles. The second-order valence-electron chi connectivity index (χ2n) is 7.20. The number of benzene rings is 2. The number of nitrogens with two attached hydrogens (primary N) is 1. The fraction of sp³-hybridized carbons (Fsp3) is 0.350. The molecule has 3 aromatic rings. The molecule has 30 heavy (non-hydrogen) atoms. The lowest BCUT2D eigenvalue weighted by atomic mass is 9.95. The van der Waals surface area contributed by atoms with Crippen LogP contribution in [0.4, 0.5) is 0 Å². The maximum atomic E-state index is 10.9. The number of phosphoric ester groups is 1. The van der Waals surface area contributed by atoms with Gasteiger partial charge in [0.2, 0.25) is 5.89 Å². The molecule has 0 saturated heterocycles. The molecule has 8 nitrogen and oxygen atoms in total. The third kappa shape index (κ3) is 6.80. The van der Waals surface area contributed by atoms with Crippen LogP contribution < -0.4 is 10.5 Å². The number of halogens is 1. The number of hydrogen-bond donors (Lipinski definition) is 3. The molecule has 0 amide bonds. The minimum Gasteiger partial charge on any atom is -0.494 e. The summed E-state index contributed by atoms with van der Waals surface area (Å²) in [4.78, 5) is 22.2. The van der Waals surface area contributed by atoms with Gasteiger partial charge in [-0.3, -0.25) is 4.52 Å². The van der Waals surface area contributed by atoms with Crippen molar-refractivity contribution >= 4 is 31.3 Å². The topological polar surface area (TPSA) is 128 Å². The minimum absolute atomic E-state index is 0. The molecule has 0 aliphatic rings. The molecule has 4 N–H and O–H groups in total. The van der Waals surface area contributed by atoms with Crippen LogP contribution >= 0.6 is 20.2 Å². The summed E-state index contributed by atoms with van der Waals surface area (Å²) >= 11 is 0. The zero-order chi connectivity index (χ0) is 21.1. The smallest absolute Gasteiger partial charge is 0.469 e. The van der Waals surface area contributed by atoms with Crippen molar-refractivity contribution in [2.24, 2.45) is 5.73 Å². The van der Waals surface area contributed by atoms with Crippen molar-refractivity contribution in [3.05, 3.63) is 48.0 Å². The normalized spacial score (nSPS) is 13.6. The Balaban J connectivity index is 0.00000320. The van der Waals surface area contributed by atoms with Crippen molar-refractivity contribution in [1.29, 1.82) is 0 Å². The number of ether oxygens (including phenoxy) is 1. The molecule has 1 aromatic heterocycles. The van der Waals surface area contributed by atoms with Crippen molar-refractivity contribution in [3.8, 4) is 17.2 Å². The number of aromatic nitrogens is 1. The maximum Gasteiger partial charge on any atom is 0.469 e. The molecule has 0 saturated carbocycles. The van der Waals surface area contributed by atoms with E-state index in [1.807, 2.05) is 49.4 Å². The quantitative estimate of drug-likeness (QED) is 0.411. The lowest BCUT2D eigenvalue weighted by Gasteiger charge is -2.24. The van der Waals surface area contributed by atoms with Crippen LogP contribution in [0.2, 0.25) is 0 Å². The second-order valence-corrected chi connectivity index (χ2v) is 8.44. The molecular weight excluding hydrogens is 431 g/mol. The van der Waals surface area contributed by atoms with E-state index in [9.17, 15) is 4.57 Å². The summed E-state index contributed by atoms with van der Waals surface area (Å²) in [7, 11) is -4.54. The fourth-order valence-corrected chi connectivity index (χ4v) is 3.33. The van der Waals surface area contributed by atoms with Gasteiger partial charge in [0, 0.05) is 11.1 Å². The predicted octanol–water partition coefficient (Wildman–Crippen LogP) is 4.07. The first kappa shape index (κ1) is 24.3. The molecule has 0 unspecified atom stereocenters. The van der Waals surface area contributed by atoms with Crippen LogP contribution in [0.15, 0.2) is 46.9 Å². The standard InChI is InChI=1S/C20H25N2O6P.ClH/c1-3-26-16-6-4-5-15(12-16)19-22-17-11-14(7-8-18(17)28-19)9-10-20(2,21)13-27-29(23,24)25;/h4-8,11-12H,3,9-10,13,21H2,1-2H3,(H2,23,24,25);1H/t20-;/m1./s1. The molecule has 1 atom stereocenters. The number of aryl methyl sites for hydroxylation is 1. The van der Waals surface area contributed by atoms with Gasteiger partial charge in [0.05, 0.1) is 13.2 Å². The number of phosphoric acid groups is 1. The second kappa shape index (κ2) is 9.92.